The third-order valence-corrected chi connectivity index (χ3v) is 4.29. The van der Waals surface area contributed by atoms with Crippen LogP contribution in [0.5, 0.6) is 0 Å². The monoisotopic (exact) mass is 340 g/mol. The molecule has 3 heterocycles. The SMILES string of the molecule is Cc1cc(C(=O)NC(C)c2cn(C)nc2C)c2cnn(C(C)C)c2n1. The molecule has 0 radical (unpaired) electrons. The first kappa shape index (κ1) is 17.1. The maximum atomic E-state index is 12.9. The van der Waals surface area contributed by atoms with Crippen molar-refractivity contribution in [3.63, 3.8) is 0 Å². The molecule has 3 aromatic rings. The van der Waals surface area contributed by atoms with Crippen LogP contribution in [0.4, 0.5) is 0 Å². The Morgan fingerprint density at radius 3 is 2.56 bits per heavy atom. The fourth-order valence-electron chi connectivity index (χ4n) is 3.10. The van der Waals surface area contributed by atoms with E-state index in [0.29, 0.717) is 5.56 Å². The largest absolute Gasteiger partial charge is 0.345 e. The van der Waals surface area contributed by atoms with E-state index in [1.807, 2.05) is 58.6 Å². The van der Waals surface area contributed by atoms with Gasteiger partial charge in [0.05, 0.1) is 28.9 Å². The Bertz CT molecular complexity index is 937. The maximum absolute atomic E-state index is 12.9. The molecule has 3 rings (SSSR count). The molecule has 1 unspecified atom stereocenters. The summed E-state index contributed by atoms with van der Waals surface area (Å²) in [5.74, 6) is -0.130. The summed E-state index contributed by atoms with van der Waals surface area (Å²) in [4.78, 5) is 17.5. The Kier molecular flexibility index (Phi) is 4.32. The van der Waals surface area contributed by atoms with Gasteiger partial charge in [-0.1, -0.05) is 0 Å². The number of rotatable bonds is 4. The number of carbonyl (C=O) groups is 1. The summed E-state index contributed by atoms with van der Waals surface area (Å²) in [6.45, 7) is 9.89. The second-order valence-electron chi connectivity index (χ2n) is 6.77. The molecule has 132 valence electrons. The molecule has 0 fully saturated rings. The first-order chi connectivity index (χ1) is 11.8. The molecular weight excluding hydrogens is 316 g/mol. The van der Waals surface area contributed by atoms with E-state index in [1.54, 1.807) is 10.9 Å². The first-order valence-electron chi connectivity index (χ1n) is 8.43. The van der Waals surface area contributed by atoms with Crippen LogP contribution in [0, 0.1) is 13.8 Å². The zero-order valence-corrected chi connectivity index (χ0v) is 15.5. The summed E-state index contributed by atoms with van der Waals surface area (Å²) in [6, 6.07) is 1.86. The van der Waals surface area contributed by atoms with E-state index in [4.69, 9.17) is 0 Å². The third-order valence-electron chi connectivity index (χ3n) is 4.29. The summed E-state index contributed by atoms with van der Waals surface area (Å²) < 4.78 is 3.60. The molecule has 0 saturated heterocycles. The number of amides is 1. The lowest BCUT2D eigenvalue weighted by Crippen LogP contribution is -2.27. The number of fused-ring (bicyclic) bond motifs is 1. The number of nitrogens with one attached hydrogen (secondary N) is 1. The molecule has 0 aliphatic heterocycles. The van der Waals surface area contributed by atoms with Crippen molar-refractivity contribution in [2.75, 3.05) is 0 Å². The van der Waals surface area contributed by atoms with Crippen LogP contribution >= 0.6 is 0 Å². The maximum Gasteiger partial charge on any atom is 0.252 e. The number of aromatic nitrogens is 5. The minimum Gasteiger partial charge on any atom is -0.345 e. The number of hydrogen-bond donors (Lipinski definition) is 1. The Labute approximate surface area is 147 Å². The topological polar surface area (TPSA) is 77.6 Å². The van der Waals surface area contributed by atoms with Gasteiger partial charge in [-0.3, -0.25) is 9.48 Å². The van der Waals surface area contributed by atoms with Crippen LogP contribution in [0.2, 0.25) is 0 Å². The molecule has 0 aliphatic rings. The Morgan fingerprint density at radius 1 is 1.24 bits per heavy atom. The molecule has 0 aliphatic carbocycles. The van der Waals surface area contributed by atoms with Crippen LogP contribution in [0.15, 0.2) is 18.5 Å². The van der Waals surface area contributed by atoms with Gasteiger partial charge in [-0.25, -0.2) is 9.67 Å². The third kappa shape index (κ3) is 3.14. The number of aryl methyl sites for hydroxylation is 3. The molecule has 0 spiro atoms. The number of pyridine rings is 1. The first-order valence-corrected chi connectivity index (χ1v) is 8.43. The van der Waals surface area contributed by atoms with Crippen LogP contribution in [0.25, 0.3) is 11.0 Å². The van der Waals surface area contributed by atoms with Gasteiger partial charge < -0.3 is 5.32 Å². The molecule has 7 nitrogen and oxygen atoms in total. The van der Waals surface area contributed by atoms with Crippen molar-refractivity contribution in [1.29, 1.82) is 0 Å². The van der Waals surface area contributed by atoms with E-state index in [9.17, 15) is 4.79 Å². The lowest BCUT2D eigenvalue weighted by atomic mass is 10.1. The highest BCUT2D eigenvalue weighted by Crippen LogP contribution is 2.22. The van der Waals surface area contributed by atoms with Gasteiger partial charge in [0.25, 0.3) is 5.91 Å². The molecular formula is C18H24N6O. The van der Waals surface area contributed by atoms with E-state index < -0.39 is 0 Å². The predicted molar refractivity (Wildman–Crippen MR) is 96.5 cm³/mol. The second kappa shape index (κ2) is 6.31. The van der Waals surface area contributed by atoms with Gasteiger partial charge in [0.2, 0.25) is 0 Å². The highest BCUT2D eigenvalue weighted by atomic mass is 16.1. The fourth-order valence-corrected chi connectivity index (χ4v) is 3.10. The minimum atomic E-state index is -0.134. The lowest BCUT2D eigenvalue weighted by Gasteiger charge is -2.14. The number of hydrogen-bond acceptors (Lipinski definition) is 4. The number of nitrogens with zero attached hydrogens (tertiary/aromatic N) is 5. The normalized spacial score (nSPS) is 12.8. The van der Waals surface area contributed by atoms with E-state index in [0.717, 1.165) is 28.0 Å². The average molecular weight is 340 g/mol. The molecule has 3 aromatic heterocycles. The van der Waals surface area contributed by atoms with Crippen LogP contribution in [-0.2, 0) is 7.05 Å². The quantitative estimate of drug-likeness (QED) is 0.792. The highest BCUT2D eigenvalue weighted by molar-refractivity contribution is 6.05. The fraction of sp³-hybridized carbons (Fsp3) is 0.444. The molecule has 0 aromatic carbocycles. The van der Waals surface area contributed by atoms with Crippen molar-refractivity contribution in [3.8, 4) is 0 Å². The van der Waals surface area contributed by atoms with Gasteiger partial charge >= 0.3 is 0 Å². The van der Waals surface area contributed by atoms with E-state index in [1.165, 1.54) is 0 Å². The molecule has 0 saturated carbocycles. The van der Waals surface area contributed by atoms with Crippen molar-refractivity contribution >= 4 is 16.9 Å². The van der Waals surface area contributed by atoms with Crippen molar-refractivity contribution in [1.82, 2.24) is 29.9 Å². The lowest BCUT2D eigenvalue weighted by molar-refractivity contribution is 0.0941. The Hall–Kier alpha value is -2.70. The van der Waals surface area contributed by atoms with E-state index in [-0.39, 0.29) is 18.0 Å². The molecule has 25 heavy (non-hydrogen) atoms. The van der Waals surface area contributed by atoms with Gasteiger partial charge in [-0.15, -0.1) is 0 Å². The van der Waals surface area contributed by atoms with Gasteiger partial charge in [-0.05, 0) is 40.7 Å². The summed E-state index contributed by atoms with van der Waals surface area (Å²) in [5, 5.41) is 12.6. The standard InChI is InChI=1S/C18H24N6O/c1-10(2)24-17-15(8-19-24)14(7-11(3)20-17)18(25)21-12(4)16-9-23(6)22-13(16)5/h7-10,12H,1-6H3,(H,21,25). The molecule has 1 atom stereocenters. The van der Waals surface area contributed by atoms with Crippen molar-refractivity contribution in [3.05, 3.63) is 41.0 Å². The molecule has 1 N–H and O–H groups in total. The van der Waals surface area contributed by atoms with Crippen LogP contribution in [0.1, 0.15) is 60.2 Å². The zero-order chi connectivity index (χ0) is 18.3. The average Bonchev–Trinajstić information content (AvgIpc) is 3.09. The highest BCUT2D eigenvalue weighted by Gasteiger charge is 2.20. The Balaban J connectivity index is 1.96. The van der Waals surface area contributed by atoms with Crippen molar-refractivity contribution < 1.29 is 4.79 Å². The van der Waals surface area contributed by atoms with Gasteiger partial charge in [0.15, 0.2) is 5.65 Å². The summed E-state index contributed by atoms with van der Waals surface area (Å²) in [6.07, 6.45) is 3.65. The zero-order valence-electron chi connectivity index (χ0n) is 15.5. The summed E-state index contributed by atoms with van der Waals surface area (Å²) >= 11 is 0. The number of carbonyl (C=O) groups excluding carboxylic acids is 1. The molecule has 0 bridgehead atoms. The van der Waals surface area contributed by atoms with Crippen molar-refractivity contribution in [2.24, 2.45) is 7.05 Å². The Morgan fingerprint density at radius 2 is 1.96 bits per heavy atom. The van der Waals surface area contributed by atoms with Crippen LogP contribution < -0.4 is 5.32 Å². The van der Waals surface area contributed by atoms with Crippen LogP contribution in [-0.4, -0.2) is 30.5 Å². The summed E-state index contributed by atoms with van der Waals surface area (Å²) in [5.41, 5.74) is 4.06. The minimum absolute atomic E-state index is 0.130. The van der Waals surface area contributed by atoms with Gasteiger partial charge in [-0.2, -0.15) is 10.2 Å². The second-order valence-corrected chi connectivity index (χ2v) is 6.77. The van der Waals surface area contributed by atoms with E-state index >= 15 is 0 Å². The summed E-state index contributed by atoms with van der Waals surface area (Å²) in [7, 11) is 1.88. The molecule has 1 amide bonds. The van der Waals surface area contributed by atoms with Gasteiger partial charge in [0.1, 0.15) is 0 Å². The van der Waals surface area contributed by atoms with Crippen molar-refractivity contribution in [2.45, 2.75) is 46.7 Å². The predicted octanol–water partition coefficient (Wildman–Crippen LogP) is 2.85. The molecule has 7 heteroatoms. The van der Waals surface area contributed by atoms with E-state index in [2.05, 4.69) is 20.5 Å². The van der Waals surface area contributed by atoms with Gasteiger partial charge in [0, 0.05) is 30.5 Å². The van der Waals surface area contributed by atoms with Crippen LogP contribution in [0.3, 0.4) is 0 Å². The smallest absolute Gasteiger partial charge is 0.252 e.